The molecule has 1 heterocycles. The molecule has 6 heteroatoms. The molecule has 1 N–H and O–H groups in total. The lowest BCUT2D eigenvalue weighted by Crippen LogP contribution is -2.44. The highest BCUT2D eigenvalue weighted by molar-refractivity contribution is 7.89. The normalized spacial score (nSPS) is 17.4. The molecule has 23 heavy (non-hydrogen) atoms. The van der Waals surface area contributed by atoms with Gasteiger partial charge in [0, 0.05) is 25.0 Å². The molecule has 0 aliphatic carbocycles. The number of carbonyl (C=O) groups excluding carboxylic acids is 1. The van der Waals surface area contributed by atoms with Crippen molar-refractivity contribution in [1.29, 1.82) is 0 Å². The van der Waals surface area contributed by atoms with Crippen LogP contribution in [-0.2, 0) is 21.2 Å². The summed E-state index contributed by atoms with van der Waals surface area (Å²) < 4.78 is 26.8. The molecule has 128 valence electrons. The van der Waals surface area contributed by atoms with Crippen LogP contribution in [-0.4, -0.2) is 37.8 Å². The minimum atomic E-state index is -3.46. The summed E-state index contributed by atoms with van der Waals surface area (Å²) in [6, 6.07) is 7.17. The van der Waals surface area contributed by atoms with E-state index in [1.807, 2.05) is 32.9 Å². The Kier molecular flexibility index (Phi) is 5.81. The van der Waals surface area contributed by atoms with Gasteiger partial charge < -0.3 is 5.32 Å². The van der Waals surface area contributed by atoms with Crippen molar-refractivity contribution in [2.24, 2.45) is 5.92 Å². The Morgan fingerprint density at radius 2 is 1.78 bits per heavy atom. The molecule has 1 amide bonds. The highest BCUT2D eigenvalue weighted by atomic mass is 32.2. The van der Waals surface area contributed by atoms with Crippen molar-refractivity contribution in [1.82, 2.24) is 9.62 Å². The van der Waals surface area contributed by atoms with Gasteiger partial charge in [0.25, 0.3) is 0 Å². The summed E-state index contributed by atoms with van der Waals surface area (Å²) in [5.41, 5.74) is 1.12. The van der Waals surface area contributed by atoms with Gasteiger partial charge in [-0.1, -0.05) is 19.1 Å². The fourth-order valence-electron chi connectivity index (χ4n) is 2.81. The molecule has 1 saturated heterocycles. The van der Waals surface area contributed by atoms with Gasteiger partial charge >= 0.3 is 0 Å². The minimum absolute atomic E-state index is 0.0318. The summed E-state index contributed by atoms with van der Waals surface area (Å²) in [6.07, 6.45) is 2.03. The standard InChI is InChI=1S/C17H26N2O3S/c1-4-14-5-7-16(8-6-14)23(21,22)19-11-9-15(10-12-19)17(20)18-13(2)3/h5-8,13,15H,4,9-12H2,1-3H3,(H,18,20). The minimum Gasteiger partial charge on any atom is -0.354 e. The van der Waals surface area contributed by atoms with Crippen LogP contribution >= 0.6 is 0 Å². The van der Waals surface area contributed by atoms with E-state index in [-0.39, 0.29) is 17.9 Å². The number of nitrogens with one attached hydrogen (secondary N) is 1. The summed E-state index contributed by atoms with van der Waals surface area (Å²) in [5, 5.41) is 2.90. The Balaban J connectivity index is 2.01. The molecular formula is C17H26N2O3S. The van der Waals surface area contributed by atoms with Crippen LogP contribution in [0, 0.1) is 5.92 Å². The van der Waals surface area contributed by atoms with Gasteiger partial charge in [-0.25, -0.2) is 8.42 Å². The van der Waals surface area contributed by atoms with Gasteiger partial charge in [0.05, 0.1) is 4.90 Å². The predicted molar refractivity (Wildman–Crippen MR) is 90.6 cm³/mol. The highest BCUT2D eigenvalue weighted by Gasteiger charge is 2.32. The summed E-state index contributed by atoms with van der Waals surface area (Å²) in [7, 11) is -3.46. The molecule has 0 saturated carbocycles. The number of hydrogen-bond acceptors (Lipinski definition) is 3. The topological polar surface area (TPSA) is 66.5 Å². The van der Waals surface area contributed by atoms with E-state index in [0.717, 1.165) is 12.0 Å². The maximum Gasteiger partial charge on any atom is 0.243 e. The van der Waals surface area contributed by atoms with Gasteiger partial charge in [-0.15, -0.1) is 0 Å². The first-order valence-corrected chi connectivity index (χ1v) is 9.68. The van der Waals surface area contributed by atoms with Crippen molar-refractivity contribution in [3.8, 4) is 0 Å². The summed E-state index contributed by atoms with van der Waals surface area (Å²) in [4.78, 5) is 12.4. The highest BCUT2D eigenvalue weighted by Crippen LogP contribution is 2.24. The van der Waals surface area contributed by atoms with Crippen LogP contribution < -0.4 is 5.32 Å². The first-order chi connectivity index (χ1) is 10.8. The van der Waals surface area contributed by atoms with Gasteiger partial charge in [0.15, 0.2) is 0 Å². The van der Waals surface area contributed by atoms with E-state index in [2.05, 4.69) is 5.32 Å². The van der Waals surface area contributed by atoms with E-state index in [1.165, 1.54) is 4.31 Å². The average Bonchev–Trinajstić information content (AvgIpc) is 2.54. The number of sulfonamides is 1. The SMILES string of the molecule is CCc1ccc(S(=O)(=O)N2CCC(C(=O)NC(C)C)CC2)cc1. The number of rotatable bonds is 5. The first-order valence-electron chi connectivity index (χ1n) is 8.24. The summed E-state index contributed by atoms with van der Waals surface area (Å²) in [6.45, 7) is 6.69. The Hall–Kier alpha value is -1.40. The molecule has 0 unspecified atom stereocenters. The Morgan fingerprint density at radius 1 is 1.22 bits per heavy atom. The largest absolute Gasteiger partial charge is 0.354 e. The lowest BCUT2D eigenvalue weighted by atomic mass is 9.97. The van der Waals surface area contributed by atoms with Gasteiger partial charge in [-0.3, -0.25) is 4.79 Å². The van der Waals surface area contributed by atoms with Crippen LogP contribution in [0.3, 0.4) is 0 Å². The van der Waals surface area contributed by atoms with E-state index in [1.54, 1.807) is 12.1 Å². The second-order valence-electron chi connectivity index (χ2n) is 6.34. The molecule has 1 aromatic carbocycles. The van der Waals surface area contributed by atoms with E-state index >= 15 is 0 Å². The zero-order valence-electron chi connectivity index (χ0n) is 14.1. The van der Waals surface area contributed by atoms with Crippen molar-refractivity contribution < 1.29 is 13.2 Å². The third-order valence-electron chi connectivity index (χ3n) is 4.23. The van der Waals surface area contributed by atoms with Gasteiger partial charge in [0.2, 0.25) is 15.9 Å². The first kappa shape index (κ1) is 17.9. The van der Waals surface area contributed by atoms with Crippen LogP contribution in [0.1, 0.15) is 39.2 Å². The number of hydrogen-bond donors (Lipinski definition) is 1. The van der Waals surface area contributed by atoms with E-state index < -0.39 is 10.0 Å². The second kappa shape index (κ2) is 7.45. The molecule has 1 aromatic rings. The molecule has 1 fully saturated rings. The van der Waals surface area contributed by atoms with E-state index in [4.69, 9.17) is 0 Å². The van der Waals surface area contributed by atoms with E-state index in [0.29, 0.717) is 30.8 Å². The molecule has 1 aliphatic heterocycles. The lowest BCUT2D eigenvalue weighted by molar-refractivity contribution is -0.126. The number of nitrogens with zero attached hydrogens (tertiary/aromatic N) is 1. The third kappa shape index (κ3) is 4.32. The number of aryl methyl sites for hydroxylation is 1. The maximum atomic E-state index is 12.7. The molecule has 5 nitrogen and oxygen atoms in total. The molecule has 1 aliphatic rings. The molecular weight excluding hydrogens is 312 g/mol. The van der Waals surface area contributed by atoms with E-state index in [9.17, 15) is 13.2 Å². The lowest BCUT2D eigenvalue weighted by Gasteiger charge is -2.31. The fourth-order valence-corrected chi connectivity index (χ4v) is 4.28. The molecule has 2 rings (SSSR count). The van der Waals surface area contributed by atoms with Crippen LogP contribution in [0.15, 0.2) is 29.2 Å². The second-order valence-corrected chi connectivity index (χ2v) is 8.28. The molecule has 0 aromatic heterocycles. The fraction of sp³-hybridized carbons (Fsp3) is 0.588. The number of piperidine rings is 1. The quantitative estimate of drug-likeness (QED) is 0.895. The van der Waals surface area contributed by atoms with Crippen LogP contribution in [0.25, 0.3) is 0 Å². The summed E-state index contributed by atoms with van der Waals surface area (Å²) in [5.74, 6) is -0.0596. The number of amides is 1. The number of carbonyl (C=O) groups is 1. The van der Waals surface area contributed by atoms with Crippen molar-refractivity contribution in [3.63, 3.8) is 0 Å². The molecule has 0 atom stereocenters. The zero-order chi connectivity index (χ0) is 17.0. The average molecular weight is 338 g/mol. The smallest absolute Gasteiger partial charge is 0.243 e. The van der Waals surface area contributed by atoms with Crippen molar-refractivity contribution in [2.75, 3.05) is 13.1 Å². The maximum absolute atomic E-state index is 12.7. The molecule has 0 radical (unpaired) electrons. The zero-order valence-corrected chi connectivity index (χ0v) is 14.9. The Morgan fingerprint density at radius 3 is 2.26 bits per heavy atom. The van der Waals surface area contributed by atoms with Crippen molar-refractivity contribution in [3.05, 3.63) is 29.8 Å². The predicted octanol–water partition coefficient (Wildman–Crippen LogP) is 2.17. The van der Waals surface area contributed by atoms with Crippen LogP contribution in [0.2, 0.25) is 0 Å². The van der Waals surface area contributed by atoms with Crippen LogP contribution in [0.5, 0.6) is 0 Å². The molecule has 0 spiro atoms. The Labute approximate surface area is 139 Å². The van der Waals surface area contributed by atoms with Gasteiger partial charge in [-0.2, -0.15) is 4.31 Å². The number of benzene rings is 1. The molecule has 0 bridgehead atoms. The Bertz CT molecular complexity index is 630. The van der Waals surface area contributed by atoms with Gasteiger partial charge in [0.1, 0.15) is 0 Å². The summed E-state index contributed by atoms with van der Waals surface area (Å²) >= 11 is 0. The van der Waals surface area contributed by atoms with Gasteiger partial charge in [-0.05, 0) is 50.8 Å². The monoisotopic (exact) mass is 338 g/mol. The van der Waals surface area contributed by atoms with Crippen molar-refractivity contribution in [2.45, 2.75) is 51.0 Å². The third-order valence-corrected chi connectivity index (χ3v) is 6.14. The van der Waals surface area contributed by atoms with Crippen molar-refractivity contribution >= 4 is 15.9 Å². The van der Waals surface area contributed by atoms with Crippen LogP contribution in [0.4, 0.5) is 0 Å².